The molecule has 9 nitrogen and oxygen atoms in total. The summed E-state index contributed by atoms with van der Waals surface area (Å²) in [4.78, 5) is 24.4. The van der Waals surface area contributed by atoms with E-state index in [-0.39, 0.29) is 35.9 Å². The third kappa shape index (κ3) is 7.52. The summed E-state index contributed by atoms with van der Waals surface area (Å²) in [6.45, 7) is 1.68. The molecule has 1 aliphatic rings. The smallest absolute Gasteiger partial charge is 0.248 e. The maximum Gasteiger partial charge on any atom is 0.248 e. The zero-order valence-electron chi connectivity index (χ0n) is 19.1. The number of nitrogens with zero attached hydrogens (tertiary/aromatic N) is 3. The van der Waals surface area contributed by atoms with E-state index in [9.17, 15) is 14.0 Å². The second-order valence-electron chi connectivity index (χ2n) is 8.05. The van der Waals surface area contributed by atoms with Crippen molar-refractivity contribution in [1.29, 1.82) is 0 Å². The highest BCUT2D eigenvalue weighted by atomic mass is 32.2. The maximum atomic E-state index is 13.2. The first-order valence-corrected chi connectivity index (χ1v) is 12.3. The van der Waals surface area contributed by atoms with E-state index >= 15 is 0 Å². The van der Waals surface area contributed by atoms with Crippen LogP contribution in [0.4, 0.5) is 10.1 Å². The second kappa shape index (κ2) is 12.3. The van der Waals surface area contributed by atoms with Gasteiger partial charge in [0.05, 0.1) is 31.4 Å². The molecule has 1 atom stereocenters. The monoisotopic (exact) mass is 498 g/mol. The second-order valence-corrected chi connectivity index (χ2v) is 8.99. The number of carbonyl (C=O) groups excluding carboxylic acids is 2. The molecule has 2 heterocycles. The summed E-state index contributed by atoms with van der Waals surface area (Å²) in [6, 6.07) is 15.4. The molecule has 0 unspecified atom stereocenters. The number of carbonyl (C=O) groups is 2. The number of anilines is 1. The summed E-state index contributed by atoms with van der Waals surface area (Å²) in [7, 11) is 0. The van der Waals surface area contributed by atoms with Gasteiger partial charge in [-0.05, 0) is 42.7 Å². The largest absolute Gasteiger partial charge is 0.378 e. The Bertz CT molecular complexity index is 1120. The Morgan fingerprint density at radius 2 is 1.83 bits per heavy atom. The number of thioether (sulfide) groups is 1. The Kier molecular flexibility index (Phi) is 8.68. The molecule has 3 N–H and O–H groups in total. The van der Waals surface area contributed by atoms with Crippen molar-refractivity contribution in [2.45, 2.75) is 43.6 Å². The van der Waals surface area contributed by atoms with Gasteiger partial charge in [-0.25, -0.2) is 4.39 Å². The summed E-state index contributed by atoms with van der Waals surface area (Å²) in [5, 5.41) is 12.4. The van der Waals surface area contributed by atoms with Crippen LogP contribution in [0, 0.1) is 5.82 Å². The third-order valence-corrected chi connectivity index (χ3v) is 6.35. The van der Waals surface area contributed by atoms with Crippen molar-refractivity contribution in [2.24, 2.45) is 0 Å². The zero-order chi connectivity index (χ0) is 24.5. The molecule has 35 heavy (non-hydrogen) atoms. The maximum absolute atomic E-state index is 13.2. The van der Waals surface area contributed by atoms with Gasteiger partial charge in [-0.3, -0.25) is 20.4 Å². The minimum atomic E-state index is -0.353. The fourth-order valence-corrected chi connectivity index (χ4v) is 4.38. The van der Waals surface area contributed by atoms with E-state index in [2.05, 4.69) is 26.4 Å². The molecular weight excluding hydrogens is 471 g/mol. The molecule has 1 aromatic heterocycles. The number of amides is 2. The zero-order valence-corrected chi connectivity index (χ0v) is 19.9. The van der Waals surface area contributed by atoms with Crippen molar-refractivity contribution in [3.05, 3.63) is 71.8 Å². The highest BCUT2D eigenvalue weighted by molar-refractivity contribution is 7.99. The van der Waals surface area contributed by atoms with Crippen molar-refractivity contribution in [1.82, 2.24) is 25.6 Å². The van der Waals surface area contributed by atoms with Gasteiger partial charge in [0.25, 0.3) is 0 Å². The van der Waals surface area contributed by atoms with Crippen LogP contribution in [0.1, 0.15) is 24.2 Å². The number of aromatic nitrogens is 3. The Balaban J connectivity index is 1.31. The number of hydrogen-bond acceptors (Lipinski definition) is 7. The van der Waals surface area contributed by atoms with Gasteiger partial charge in [0.15, 0.2) is 11.0 Å². The van der Waals surface area contributed by atoms with E-state index < -0.39 is 0 Å². The van der Waals surface area contributed by atoms with Gasteiger partial charge in [-0.1, -0.05) is 42.1 Å². The standard InChI is InChI=1S/C24H27FN6O3S/c25-18-8-10-19(11-9-18)26-14-21-27-30-24(31(21)15-20-7-4-12-34-20)35-16-23(33)29-28-22(32)13-17-5-2-1-3-6-17/h1-3,5-6,8-11,20,26H,4,7,12-16H2,(H,28,32)(H,29,33)/t20-/m1/s1. The van der Waals surface area contributed by atoms with Crippen LogP contribution in [0.2, 0.25) is 0 Å². The predicted molar refractivity (Wildman–Crippen MR) is 130 cm³/mol. The SMILES string of the molecule is O=C(CSc1nnc(CNc2ccc(F)cc2)n1C[C@H]1CCCO1)NNC(=O)Cc1ccccc1. The molecule has 1 saturated heterocycles. The van der Waals surface area contributed by atoms with Gasteiger partial charge in [0.1, 0.15) is 5.82 Å². The molecule has 1 fully saturated rings. The van der Waals surface area contributed by atoms with E-state index in [1.54, 1.807) is 12.1 Å². The van der Waals surface area contributed by atoms with E-state index in [1.807, 2.05) is 34.9 Å². The molecule has 1 aliphatic heterocycles. The highest BCUT2D eigenvalue weighted by Crippen LogP contribution is 2.22. The Morgan fingerprint density at radius 3 is 2.57 bits per heavy atom. The van der Waals surface area contributed by atoms with Crippen molar-refractivity contribution >= 4 is 29.3 Å². The number of nitrogens with one attached hydrogen (secondary N) is 3. The van der Waals surface area contributed by atoms with Crippen LogP contribution in [-0.4, -0.2) is 45.0 Å². The lowest BCUT2D eigenvalue weighted by Gasteiger charge is -2.15. The molecule has 0 bridgehead atoms. The van der Waals surface area contributed by atoms with E-state index in [4.69, 9.17) is 4.74 Å². The number of hydrogen-bond donors (Lipinski definition) is 3. The lowest BCUT2D eigenvalue weighted by atomic mass is 10.1. The summed E-state index contributed by atoms with van der Waals surface area (Å²) in [5.41, 5.74) is 6.50. The molecule has 2 amide bonds. The molecule has 0 aliphatic carbocycles. The van der Waals surface area contributed by atoms with Gasteiger partial charge in [0, 0.05) is 12.3 Å². The van der Waals surface area contributed by atoms with Gasteiger partial charge in [0.2, 0.25) is 11.8 Å². The number of rotatable bonds is 10. The Morgan fingerprint density at radius 1 is 1.06 bits per heavy atom. The molecule has 2 aromatic carbocycles. The van der Waals surface area contributed by atoms with Crippen LogP contribution in [-0.2, 0) is 33.8 Å². The van der Waals surface area contributed by atoms with Crippen molar-refractivity contribution in [2.75, 3.05) is 17.7 Å². The van der Waals surface area contributed by atoms with E-state index in [1.165, 1.54) is 23.9 Å². The Labute approximate surface area is 206 Å². The molecule has 0 saturated carbocycles. The minimum Gasteiger partial charge on any atom is -0.378 e. The number of benzene rings is 2. The van der Waals surface area contributed by atoms with Crippen LogP contribution in [0.15, 0.2) is 59.8 Å². The summed E-state index contributed by atoms with van der Waals surface area (Å²) >= 11 is 1.23. The van der Waals surface area contributed by atoms with Crippen LogP contribution in [0.3, 0.4) is 0 Å². The van der Waals surface area contributed by atoms with E-state index in [0.717, 1.165) is 30.7 Å². The first-order chi connectivity index (χ1) is 17.1. The Hall–Kier alpha value is -3.44. The van der Waals surface area contributed by atoms with Crippen LogP contribution in [0.25, 0.3) is 0 Å². The van der Waals surface area contributed by atoms with Crippen molar-refractivity contribution < 1.29 is 18.7 Å². The normalized spacial score (nSPS) is 15.1. The van der Waals surface area contributed by atoms with Gasteiger partial charge < -0.3 is 14.6 Å². The number of hydrazine groups is 1. The molecule has 0 radical (unpaired) electrons. The highest BCUT2D eigenvalue weighted by Gasteiger charge is 2.21. The van der Waals surface area contributed by atoms with Crippen LogP contribution < -0.4 is 16.2 Å². The average Bonchev–Trinajstić information content (AvgIpc) is 3.52. The molecule has 4 rings (SSSR count). The molecular formula is C24H27FN6O3S. The lowest BCUT2D eigenvalue weighted by Crippen LogP contribution is -2.43. The van der Waals surface area contributed by atoms with Crippen LogP contribution in [0.5, 0.6) is 0 Å². The molecule has 184 valence electrons. The fraction of sp³-hybridized carbons (Fsp3) is 0.333. The van der Waals surface area contributed by atoms with Crippen LogP contribution >= 0.6 is 11.8 Å². The molecule has 3 aromatic rings. The minimum absolute atomic E-state index is 0.0562. The predicted octanol–water partition coefficient (Wildman–Crippen LogP) is 2.69. The first-order valence-electron chi connectivity index (χ1n) is 11.3. The first kappa shape index (κ1) is 24.7. The summed E-state index contributed by atoms with van der Waals surface area (Å²) in [5.74, 6) is -0.214. The van der Waals surface area contributed by atoms with Crippen molar-refractivity contribution in [3.8, 4) is 0 Å². The van der Waals surface area contributed by atoms with Gasteiger partial charge >= 0.3 is 0 Å². The average molecular weight is 499 g/mol. The molecule has 0 spiro atoms. The lowest BCUT2D eigenvalue weighted by molar-refractivity contribution is -0.127. The summed E-state index contributed by atoms with van der Waals surface area (Å²) in [6.07, 6.45) is 2.18. The van der Waals surface area contributed by atoms with Gasteiger partial charge in [-0.15, -0.1) is 10.2 Å². The quantitative estimate of drug-likeness (QED) is 0.291. The van der Waals surface area contributed by atoms with Gasteiger partial charge in [-0.2, -0.15) is 0 Å². The third-order valence-electron chi connectivity index (χ3n) is 5.38. The topological polar surface area (TPSA) is 110 Å². The number of halogens is 1. The van der Waals surface area contributed by atoms with Crippen molar-refractivity contribution in [3.63, 3.8) is 0 Å². The van der Waals surface area contributed by atoms with E-state index in [0.29, 0.717) is 24.1 Å². The number of ether oxygens (including phenoxy) is 1. The molecule has 11 heteroatoms. The summed E-state index contributed by atoms with van der Waals surface area (Å²) < 4.78 is 20.9. The fourth-order valence-electron chi connectivity index (χ4n) is 3.61.